The van der Waals surface area contributed by atoms with Gasteiger partial charge in [0.1, 0.15) is 11.5 Å². The smallest absolute Gasteiger partial charge is 0.222 e. The summed E-state index contributed by atoms with van der Waals surface area (Å²) >= 11 is 0. The highest BCUT2D eigenvalue weighted by Gasteiger charge is 2.18. The largest absolute Gasteiger partial charge is 0.496 e. The Morgan fingerprint density at radius 3 is 2.08 bits per heavy atom. The fraction of sp³-hybridized carbons (Fsp3) is 0.263. The fourth-order valence-corrected chi connectivity index (χ4v) is 3.04. The Morgan fingerprint density at radius 1 is 0.958 bits per heavy atom. The second kappa shape index (κ2) is 6.74. The number of hydrogen-bond donors (Lipinski definition) is 1. The van der Waals surface area contributed by atoms with Crippen LogP contribution in [0.1, 0.15) is 16.7 Å². The molecule has 5 nitrogen and oxygen atoms in total. The second-order valence-corrected chi connectivity index (χ2v) is 5.56. The average Bonchev–Trinajstić information content (AvgIpc) is 2.63. The molecule has 0 atom stereocenters. The van der Waals surface area contributed by atoms with Gasteiger partial charge in [-0.3, -0.25) is 0 Å². The third-order valence-electron chi connectivity index (χ3n) is 4.20. The zero-order valence-corrected chi connectivity index (χ0v) is 14.4. The molecule has 0 spiro atoms. The summed E-state index contributed by atoms with van der Waals surface area (Å²) < 4.78 is 11.4. The molecule has 0 bridgehead atoms. The molecule has 24 heavy (non-hydrogen) atoms. The van der Waals surface area contributed by atoms with Gasteiger partial charge < -0.3 is 14.8 Å². The lowest BCUT2D eigenvalue weighted by Gasteiger charge is -2.19. The Labute approximate surface area is 141 Å². The van der Waals surface area contributed by atoms with Crippen molar-refractivity contribution in [3.63, 3.8) is 0 Å². The van der Waals surface area contributed by atoms with Crippen LogP contribution in [-0.4, -0.2) is 31.2 Å². The summed E-state index contributed by atoms with van der Waals surface area (Å²) in [6.07, 6.45) is 4.35. The van der Waals surface area contributed by atoms with E-state index in [2.05, 4.69) is 34.3 Å². The maximum Gasteiger partial charge on any atom is 0.222 e. The van der Waals surface area contributed by atoms with E-state index in [9.17, 15) is 0 Å². The van der Waals surface area contributed by atoms with Gasteiger partial charge in [-0.25, -0.2) is 9.97 Å². The summed E-state index contributed by atoms with van der Waals surface area (Å²) in [7, 11) is 5.21. The number of benzene rings is 2. The number of fused-ring (bicyclic) bond motifs is 1. The van der Waals surface area contributed by atoms with Crippen LogP contribution in [-0.2, 0) is 6.42 Å². The summed E-state index contributed by atoms with van der Waals surface area (Å²) in [5.74, 6) is 2.37. The molecule has 0 amide bonds. The van der Waals surface area contributed by atoms with Crippen molar-refractivity contribution in [2.24, 2.45) is 0 Å². The number of methoxy groups -OCH3 is 2. The Bertz CT molecular complexity index is 861. The topological polar surface area (TPSA) is 56.3 Å². The molecule has 0 radical (unpaired) electrons. The van der Waals surface area contributed by atoms with Crippen molar-refractivity contribution in [3.05, 3.63) is 53.3 Å². The lowest BCUT2D eigenvalue weighted by Crippen LogP contribution is -2.03. The normalized spacial score (nSPS) is 10.7. The van der Waals surface area contributed by atoms with E-state index >= 15 is 0 Å². The Hall–Kier alpha value is -2.82. The molecule has 0 aliphatic rings. The Balaban J connectivity index is 2.16. The van der Waals surface area contributed by atoms with Crippen LogP contribution in [0.25, 0.3) is 10.8 Å². The van der Waals surface area contributed by atoms with Crippen LogP contribution in [0.15, 0.2) is 36.7 Å². The van der Waals surface area contributed by atoms with Crippen LogP contribution in [0.2, 0.25) is 0 Å². The lowest BCUT2D eigenvalue weighted by molar-refractivity contribution is 0.404. The molecule has 1 heterocycles. The number of nitrogens with one attached hydrogen (secondary N) is 1. The van der Waals surface area contributed by atoms with E-state index in [1.807, 2.05) is 24.5 Å². The SMILES string of the molecule is CNc1ncc(Cc2c(C)c(OC)c3ccccc3c2OC)cn1. The zero-order chi connectivity index (χ0) is 17.1. The maximum atomic E-state index is 5.75. The molecular formula is C19H21N3O2. The Kier molecular flexibility index (Phi) is 4.51. The standard InChI is InChI=1S/C19H21N3O2/c1-12-16(9-13-10-21-19(20-2)22-11-13)18(24-4)15-8-6-5-7-14(15)17(12)23-3/h5-8,10-11H,9H2,1-4H3,(H,20,21,22). The lowest BCUT2D eigenvalue weighted by atomic mass is 9.95. The molecule has 0 saturated heterocycles. The van der Waals surface area contributed by atoms with Gasteiger partial charge in [0.05, 0.1) is 14.2 Å². The predicted octanol–water partition coefficient (Wildman–Crippen LogP) is 3.59. The molecule has 124 valence electrons. The fourth-order valence-electron chi connectivity index (χ4n) is 3.04. The molecule has 1 aromatic heterocycles. The first-order chi connectivity index (χ1) is 11.7. The predicted molar refractivity (Wildman–Crippen MR) is 96.2 cm³/mol. The van der Waals surface area contributed by atoms with Gasteiger partial charge in [0.15, 0.2) is 0 Å². The van der Waals surface area contributed by atoms with Gasteiger partial charge in [-0.05, 0) is 18.1 Å². The molecular weight excluding hydrogens is 302 g/mol. The molecule has 0 aliphatic carbocycles. The summed E-state index contributed by atoms with van der Waals surface area (Å²) in [5.41, 5.74) is 3.19. The number of hydrogen-bond acceptors (Lipinski definition) is 5. The van der Waals surface area contributed by atoms with Crippen molar-refractivity contribution < 1.29 is 9.47 Å². The van der Waals surface area contributed by atoms with E-state index in [-0.39, 0.29) is 0 Å². The average molecular weight is 323 g/mol. The third-order valence-corrected chi connectivity index (χ3v) is 4.20. The van der Waals surface area contributed by atoms with Crippen LogP contribution < -0.4 is 14.8 Å². The molecule has 1 N–H and O–H groups in total. The van der Waals surface area contributed by atoms with Crippen LogP contribution in [0.5, 0.6) is 11.5 Å². The first-order valence-electron chi connectivity index (χ1n) is 7.80. The summed E-state index contributed by atoms with van der Waals surface area (Å²) in [6.45, 7) is 2.06. The maximum absolute atomic E-state index is 5.75. The summed E-state index contributed by atoms with van der Waals surface area (Å²) in [5, 5.41) is 5.03. The van der Waals surface area contributed by atoms with Crippen LogP contribution in [0.4, 0.5) is 5.95 Å². The highest BCUT2D eigenvalue weighted by atomic mass is 16.5. The first-order valence-corrected chi connectivity index (χ1v) is 7.80. The highest BCUT2D eigenvalue weighted by Crippen LogP contribution is 2.41. The van der Waals surface area contributed by atoms with Gasteiger partial charge in [0.2, 0.25) is 5.95 Å². The van der Waals surface area contributed by atoms with Crippen LogP contribution in [0.3, 0.4) is 0 Å². The molecule has 5 heteroatoms. The molecule has 3 rings (SSSR count). The van der Waals surface area contributed by atoms with Crippen molar-refractivity contribution in [2.75, 3.05) is 26.6 Å². The minimum absolute atomic E-state index is 0.610. The first kappa shape index (κ1) is 16.1. The highest BCUT2D eigenvalue weighted by molar-refractivity contribution is 5.96. The van der Waals surface area contributed by atoms with Gasteiger partial charge in [0.25, 0.3) is 0 Å². The molecule has 0 saturated carbocycles. The number of ether oxygens (including phenoxy) is 2. The van der Waals surface area contributed by atoms with E-state index in [0.717, 1.165) is 39.0 Å². The van der Waals surface area contributed by atoms with Crippen molar-refractivity contribution in [1.29, 1.82) is 0 Å². The van der Waals surface area contributed by atoms with E-state index < -0.39 is 0 Å². The zero-order valence-electron chi connectivity index (χ0n) is 14.4. The van der Waals surface area contributed by atoms with Crippen molar-refractivity contribution in [3.8, 4) is 11.5 Å². The van der Waals surface area contributed by atoms with Crippen LogP contribution in [0, 0.1) is 6.92 Å². The quantitative estimate of drug-likeness (QED) is 0.777. The van der Waals surface area contributed by atoms with Gasteiger partial charge in [0, 0.05) is 42.2 Å². The minimum atomic E-state index is 0.610. The monoisotopic (exact) mass is 323 g/mol. The van der Waals surface area contributed by atoms with Gasteiger partial charge in [-0.2, -0.15) is 0 Å². The van der Waals surface area contributed by atoms with Gasteiger partial charge >= 0.3 is 0 Å². The van der Waals surface area contributed by atoms with Gasteiger partial charge in [-0.1, -0.05) is 24.3 Å². The van der Waals surface area contributed by atoms with Crippen molar-refractivity contribution in [1.82, 2.24) is 9.97 Å². The summed E-state index contributed by atoms with van der Waals surface area (Å²) in [4.78, 5) is 8.58. The molecule has 3 aromatic rings. The number of aromatic nitrogens is 2. The van der Waals surface area contributed by atoms with E-state index in [0.29, 0.717) is 12.4 Å². The molecule has 2 aromatic carbocycles. The van der Waals surface area contributed by atoms with Crippen molar-refractivity contribution >= 4 is 16.7 Å². The van der Waals surface area contributed by atoms with E-state index in [4.69, 9.17) is 9.47 Å². The summed E-state index contributed by atoms with van der Waals surface area (Å²) in [6, 6.07) is 8.13. The molecule has 0 unspecified atom stereocenters. The van der Waals surface area contributed by atoms with Crippen molar-refractivity contribution in [2.45, 2.75) is 13.3 Å². The number of anilines is 1. The van der Waals surface area contributed by atoms with Gasteiger partial charge in [-0.15, -0.1) is 0 Å². The second-order valence-electron chi connectivity index (χ2n) is 5.56. The number of rotatable bonds is 5. The number of nitrogens with zero attached hydrogens (tertiary/aromatic N) is 2. The molecule has 0 fully saturated rings. The Morgan fingerprint density at radius 2 is 1.54 bits per heavy atom. The third kappa shape index (κ3) is 2.73. The van der Waals surface area contributed by atoms with E-state index in [1.54, 1.807) is 21.3 Å². The van der Waals surface area contributed by atoms with Crippen LogP contribution >= 0.6 is 0 Å². The van der Waals surface area contributed by atoms with E-state index in [1.165, 1.54) is 0 Å². The minimum Gasteiger partial charge on any atom is -0.496 e. The molecule has 0 aliphatic heterocycles.